The Hall–Kier alpha value is -1.48. The zero-order valence-electron chi connectivity index (χ0n) is 13.0. The smallest absolute Gasteiger partial charge is 0.243 e. The van der Waals surface area contributed by atoms with Gasteiger partial charge in [-0.3, -0.25) is 4.79 Å². The van der Waals surface area contributed by atoms with Crippen LogP contribution >= 0.6 is 11.6 Å². The molecule has 2 aliphatic rings. The lowest BCUT2D eigenvalue weighted by Gasteiger charge is -2.18. The van der Waals surface area contributed by atoms with Crippen LogP contribution in [0.4, 0.5) is 5.69 Å². The van der Waals surface area contributed by atoms with E-state index in [0.717, 1.165) is 31.1 Å². The van der Waals surface area contributed by atoms with Crippen LogP contribution in [-0.4, -0.2) is 25.5 Å². The van der Waals surface area contributed by atoms with Gasteiger partial charge in [-0.05, 0) is 62.3 Å². The van der Waals surface area contributed by atoms with E-state index in [2.05, 4.69) is 29.3 Å². The number of allylic oxidation sites excluding steroid dienone is 1. The highest BCUT2D eigenvalue weighted by atomic mass is 35.5. The van der Waals surface area contributed by atoms with Crippen molar-refractivity contribution in [1.29, 1.82) is 0 Å². The lowest BCUT2D eigenvalue weighted by atomic mass is 10.1. The van der Waals surface area contributed by atoms with Crippen LogP contribution in [0.3, 0.4) is 0 Å². The van der Waals surface area contributed by atoms with Gasteiger partial charge in [-0.15, -0.1) is 0 Å². The summed E-state index contributed by atoms with van der Waals surface area (Å²) in [7, 11) is 0. The normalized spacial score (nSPS) is 22.0. The molecule has 0 aromatic heterocycles. The summed E-state index contributed by atoms with van der Waals surface area (Å²) in [6.07, 6.45) is 5.39. The summed E-state index contributed by atoms with van der Waals surface area (Å²) in [5.41, 5.74) is 2.44. The molecule has 3 rings (SSSR count). The number of anilines is 1. The van der Waals surface area contributed by atoms with Gasteiger partial charge in [0.2, 0.25) is 5.91 Å². The maximum Gasteiger partial charge on any atom is 0.243 e. The number of carbonyl (C=O) groups excluding carboxylic acids is 1. The van der Waals surface area contributed by atoms with E-state index in [0.29, 0.717) is 11.8 Å². The highest BCUT2D eigenvalue weighted by molar-refractivity contribution is 6.30. The van der Waals surface area contributed by atoms with E-state index in [1.807, 2.05) is 12.1 Å². The summed E-state index contributed by atoms with van der Waals surface area (Å²) in [5.74, 6) is 1.25. The van der Waals surface area contributed by atoms with Crippen molar-refractivity contribution >= 4 is 23.2 Å². The third-order valence-corrected chi connectivity index (χ3v) is 4.87. The zero-order chi connectivity index (χ0) is 15.5. The second-order valence-corrected chi connectivity index (χ2v) is 6.92. The molecule has 1 aromatic carbocycles. The molecule has 118 valence electrons. The van der Waals surface area contributed by atoms with Crippen molar-refractivity contribution in [2.75, 3.05) is 24.5 Å². The molecule has 0 radical (unpaired) electrons. The van der Waals surface area contributed by atoms with Crippen LogP contribution in [0.1, 0.15) is 26.2 Å². The van der Waals surface area contributed by atoms with E-state index >= 15 is 0 Å². The number of nitrogens with one attached hydrogen (secondary N) is 1. The van der Waals surface area contributed by atoms with Crippen molar-refractivity contribution in [2.24, 2.45) is 11.8 Å². The van der Waals surface area contributed by atoms with Crippen LogP contribution < -0.4 is 10.2 Å². The highest BCUT2D eigenvalue weighted by Gasteiger charge is 2.25. The molecule has 1 heterocycles. The van der Waals surface area contributed by atoms with Gasteiger partial charge in [0.25, 0.3) is 0 Å². The number of benzene rings is 1. The van der Waals surface area contributed by atoms with Crippen LogP contribution in [0.5, 0.6) is 0 Å². The van der Waals surface area contributed by atoms with Gasteiger partial charge in [0.15, 0.2) is 0 Å². The molecule has 1 saturated heterocycles. The van der Waals surface area contributed by atoms with E-state index in [4.69, 9.17) is 11.6 Å². The van der Waals surface area contributed by atoms with Crippen molar-refractivity contribution in [2.45, 2.75) is 26.2 Å². The second-order valence-electron chi connectivity index (χ2n) is 6.48. The standard InChI is InChI=1S/C18H23ClN2O/c1-13(15-2-3-15)10-18(22)20-11-14-8-9-21(12-14)17-6-4-16(19)5-7-17/h4-7,10,14-15H,2-3,8-9,11-12H2,1H3,(H,20,22). The first-order chi connectivity index (χ1) is 10.6. The summed E-state index contributed by atoms with van der Waals surface area (Å²) in [5, 5.41) is 3.82. The Bertz CT molecular complexity index is 563. The van der Waals surface area contributed by atoms with Gasteiger partial charge in [0.1, 0.15) is 0 Å². The quantitative estimate of drug-likeness (QED) is 0.841. The van der Waals surface area contributed by atoms with Crippen LogP contribution in [-0.2, 0) is 4.79 Å². The second kappa shape index (κ2) is 6.74. The van der Waals surface area contributed by atoms with Crippen LogP contribution in [0.25, 0.3) is 0 Å². The number of carbonyl (C=O) groups is 1. The summed E-state index contributed by atoms with van der Waals surface area (Å²) in [6, 6.07) is 7.98. The molecule has 1 aliphatic heterocycles. The molecule has 1 N–H and O–H groups in total. The molecule has 2 fully saturated rings. The van der Waals surface area contributed by atoms with E-state index in [-0.39, 0.29) is 5.91 Å². The summed E-state index contributed by atoms with van der Waals surface area (Å²) in [6.45, 7) is 4.86. The van der Waals surface area contributed by atoms with Gasteiger partial charge in [0, 0.05) is 36.4 Å². The Morgan fingerprint density at radius 1 is 1.32 bits per heavy atom. The van der Waals surface area contributed by atoms with Crippen molar-refractivity contribution < 1.29 is 4.79 Å². The number of amides is 1. The molecule has 1 aromatic rings. The van der Waals surface area contributed by atoms with Gasteiger partial charge in [0.05, 0.1) is 0 Å². The average Bonchev–Trinajstić information content (AvgIpc) is 3.25. The molecule has 1 atom stereocenters. The third kappa shape index (κ3) is 4.04. The molecule has 1 unspecified atom stereocenters. The summed E-state index contributed by atoms with van der Waals surface area (Å²) >= 11 is 5.93. The average molecular weight is 319 g/mol. The SMILES string of the molecule is CC(=CC(=O)NCC1CCN(c2ccc(Cl)cc2)C1)C1CC1. The fraction of sp³-hybridized carbons (Fsp3) is 0.500. The van der Waals surface area contributed by atoms with E-state index in [9.17, 15) is 4.79 Å². The molecule has 1 saturated carbocycles. The number of hydrogen-bond acceptors (Lipinski definition) is 2. The maximum atomic E-state index is 11.9. The molecule has 22 heavy (non-hydrogen) atoms. The Balaban J connectivity index is 1.45. The highest BCUT2D eigenvalue weighted by Crippen LogP contribution is 2.35. The Kier molecular flexibility index (Phi) is 4.72. The number of halogens is 1. The van der Waals surface area contributed by atoms with Crippen molar-refractivity contribution in [1.82, 2.24) is 5.32 Å². The fourth-order valence-electron chi connectivity index (χ4n) is 3.04. The molecule has 0 bridgehead atoms. The molecular weight excluding hydrogens is 296 g/mol. The van der Waals surface area contributed by atoms with Crippen molar-refractivity contribution in [3.8, 4) is 0 Å². The minimum atomic E-state index is 0.0642. The van der Waals surface area contributed by atoms with Gasteiger partial charge in [-0.25, -0.2) is 0 Å². The van der Waals surface area contributed by atoms with Crippen molar-refractivity contribution in [3.05, 3.63) is 40.9 Å². The molecule has 1 amide bonds. The molecule has 1 aliphatic carbocycles. The third-order valence-electron chi connectivity index (χ3n) is 4.62. The first-order valence-corrected chi connectivity index (χ1v) is 8.46. The number of hydrogen-bond donors (Lipinski definition) is 1. The Morgan fingerprint density at radius 3 is 2.73 bits per heavy atom. The molecule has 3 nitrogen and oxygen atoms in total. The van der Waals surface area contributed by atoms with Crippen LogP contribution in [0, 0.1) is 11.8 Å². The predicted octanol–water partition coefficient (Wildman–Crippen LogP) is 3.64. The van der Waals surface area contributed by atoms with E-state index < -0.39 is 0 Å². The van der Waals surface area contributed by atoms with Gasteiger partial charge >= 0.3 is 0 Å². The fourth-order valence-corrected chi connectivity index (χ4v) is 3.17. The van der Waals surface area contributed by atoms with Crippen LogP contribution in [0.15, 0.2) is 35.9 Å². The number of rotatable bonds is 5. The first kappa shape index (κ1) is 15.4. The molecule has 0 spiro atoms. The monoisotopic (exact) mass is 318 g/mol. The van der Waals surface area contributed by atoms with Gasteiger partial charge in [-0.1, -0.05) is 17.2 Å². The molecule has 4 heteroatoms. The molecular formula is C18H23ClN2O. The van der Waals surface area contributed by atoms with Gasteiger partial charge < -0.3 is 10.2 Å². The van der Waals surface area contributed by atoms with Crippen LogP contribution in [0.2, 0.25) is 5.02 Å². The topological polar surface area (TPSA) is 32.3 Å². The summed E-state index contributed by atoms with van der Waals surface area (Å²) < 4.78 is 0. The Labute approximate surface area is 137 Å². The lowest BCUT2D eigenvalue weighted by molar-refractivity contribution is -0.116. The van der Waals surface area contributed by atoms with E-state index in [1.54, 1.807) is 6.08 Å². The minimum Gasteiger partial charge on any atom is -0.371 e. The van der Waals surface area contributed by atoms with Gasteiger partial charge in [-0.2, -0.15) is 0 Å². The zero-order valence-corrected chi connectivity index (χ0v) is 13.8. The first-order valence-electron chi connectivity index (χ1n) is 8.08. The Morgan fingerprint density at radius 2 is 2.05 bits per heavy atom. The summed E-state index contributed by atoms with van der Waals surface area (Å²) in [4.78, 5) is 14.3. The minimum absolute atomic E-state index is 0.0642. The lowest BCUT2D eigenvalue weighted by Crippen LogP contribution is -2.30. The maximum absolute atomic E-state index is 11.9. The predicted molar refractivity (Wildman–Crippen MR) is 91.3 cm³/mol. The van der Waals surface area contributed by atoms with E-state index in [1.165, 1.54) is 24.1 Å². The largest absolute Gasteiger partial charge is 0.371 e. The van der Waals surface area contributed by atoms with Crippen molar-refractivity contribution in [3.63, 3.8) is 0 Å². The number of nitrogens with zero attached hydrogens (tertiary/aromatic N) is 1.